The molecule has 1 N–H and O–H groups in total. The molecule has 2 heterocycles. The second-order valence-corrected chi connectivity index (χ2v) is 9.88. The number of likely N-dealkylation sites (tertiary alicyclic amines) is 1. The van der Waals surface area contributed by atoms with E-state index in [9.17, 15) is 14.4 Å². The minimum Gasteiger partial charge on any atom is -0.497 e. The maximum atomic E-state index is 13.6. The van der Waals surface area contributed by atoms with Crippen LogP contribution in [0.2, 0.25) is 0 Å². The van der Waals surface area contributed by atoms with Crippen molar-refractivity contribution in [2.45, 2.75) is 65.3 Å². The van der Waals surface area contributed by atoms with E-state index in [-0.39, 0.29) is 30.4 Å². The van der Waals surface area contributed by atoms with E-state index >= 15 is 0 Å². The van der Waals surface area contributed by atoms with Crippen molar-refractivity contribution in [2.24, 2.45) is 5.41 Å². The smallest absolute Gasteiger partial charge is 0.256 e. The van der Waals surface area contributed by atoms with Crippen LogP contribution in [-0.4, -0.2) is 72.1 Å². The summed E-state index contributed by atoms with van der Waals surface area (Å²) in [4.78, 5) is 42.8. The summed E-state index contributed by atoms with van der Waals surface area (Å²) in [6.45, 7) is 10.5. The van der Waals surface area contributed by atoms with Gasteiger partial charge in [-0.3, -0.25) is 19.3 Å². The summed E-state index contributed by atoms with van der Waals surface area (Å²) >= 11 is 0. The van der Waals surface area contributed by atoms with E-state index in [4.69, 9.17) is 9.47 Å². The van der Waals surface area contributed by atoms with E-state index in [1.54, 1.807) is 36.3 Å². The van der Waals surface area contributed by atoms with E-state index in [2.05, 4.69) is 5.32 Å². The number of ether oxygens (including phenoxy) is 2. The quantitative estimate of drug-likeness (QED) is 0.769. The summed E-state index contributed by atoms with van der Waals surface area (Å²) in [6.07, 6.45) is 0.921. The van der Waals surface area contributed by atoms with Gasteiger partial charge in [0.1, 0.15) is 17.5 Å². The molecule has 1 unspecified atom stereocenters. The van der Waals surface area contributed by atoms with Crippen LogP contribution < -0.4 is 10.1 Å². The summed E-state index contributed by atoms with van der Waals surface area (Å²) in [5.74, 6) is 0.237. The van der Waals surface area contributed by atoms with E-state index < -0.39 is 17.2 Å². The number of rotatable bonds is 4. The maximum Gasteiger partial charge on any atom is 0.256 e. The number of nitrogens with zero attached hydrogens (tertiary/aromatic N) is 2. The monoisotopic (exact) mass is 445 g/mol. The zero-order chi connectivity index (χ0) is 23.7. The highest BCUT2D eigenvalue weighted by atomic mass is 16.5. The normalized spacial score (nSPS) is 20.5. The van der Waals surface area contributed by atoms with Crippen LogP contribution in [0, 0.1) is 5.41 Å². The molecule has 2 aliphatic heterocycles. The van der Waals surface area contributed by atoms with Crippen molar-refractivity contribution < 1.29 is 23.9 Å². The number of methoxy groups -OCH3 is 1. The third-order valence-corrected chi connectivity index (χ3v) is 6.02. The second-order valence-electron chi connectivity index (χ2n) is 9.88. The lowest BCUT2D eigenvalue weighted by molar-refractivity contribution is -0.150. The fourth-order valence-corrected chi connectivity index (χ4v) is 4.35. The third-order valence-electron chi connectivity index (χ3n) is 6.02. The topological polar surface area (TPSA) is 88.2 Å². The standard InChI is InChI=1S/C24H35N3O5/c1-16(2)25-20(28)19-15-32-24(11-13-26(14-12-24)22(30)23(3,4)5)27(19)21(29)17-7-9-18(31-6)10-8-17/h7-10,16,19H,11-15H2,1-6H3,(H,25,28). The molecule has 2 fully saturated rings. The number of benzene rings is 1. The fourth-order valence-electron chi connectivity index (χ4n) is 4.35. The lowest BCUT2D eigenvalue weighted by Gasteiger charge is -2.45. The fraction of sp³-hybridized carbons (Fsp3) is 0.625. The molecule has 1 aromatic rings. The van der Waals surface area contributed by atoms with E-state index in [0.29, 0.717) is 37.2 Å². The number of hydrogen-bond donors (Lipinski definition) is 1. The Labute approximate surface area is 190 Å². The van der Waals surface area contributed by atoms with Gasteiger partial charge in [0.15, 0.2) is 0 Å². The van der Waals surface area contributed by atoms with Crippen LogP contribution in [-0.2, 0) is 14.3 Å². The molecule has 2 aliphatic rings. The molecule has 0 radical (unpaired) electrons. The zero-order valence-electron chi connectivity index (χ0n) is 19.9. The molecule has 8 nitrogen and oxygen atoms in total. The lowest BCUT2D eigenvalue weighted by atomic mass is 9.91. The Morgan fingerprint density at radius 2 is 1.72 bits per heavy atom. The molecule has 8 heteroatoms. The number of amides is 3. The van der Waals surface area contributed by atoms with Crippen molar-refractivity contribution in [3.8, 4) is 5.75 Å². The maximum absolute atomic E-state index is 13.6. The molecule has 0 saturated carbocycles. The van der Waals surface area contributed by atoms with Gasteiger partial charge in [-0.2, -0.15) is 0 Å². The van der Waals surface area contributed by atoms with Gasteiger partial charge in [-0.25, -0.2) is 0 Å². The molecule has 32 heavy (non-hydrogen) atoms. The Hall–Kier alpha value is -2.61. The summed E-state index contributed by atoms with van der Waals surface area (Å²) in [5.41, 5.74) is -0.921. The van der Waals surface area contributed by atoms with Crippen molar-refractivity contribution in [1.82, 2.24) is 15.1 Å². The van der Waals surface area contributed by atoms with Gasteiger partial charge in [0.05, 0.1) is 13.7 Å². The highest BCUT2D eigenvalue weighted by Gasteiger charge is 2.54. The molecule has 1 aromatic carbocycles. The van der Waals surface area contributed by atoms with Gasteiger partial charge >= 0.3 is 0 Å². The minimum atomic E-state index is -0.912. The van der Waals surface area contributed by atoms with Gasteiger partial charge in [-0.05, 0) is 38.1 Å². The van der Waals surface area contributed by atoms with Crippen LogP contribution >= 0.6 is 0 Å². The highest BCUT2D eigenvalue weighted by molar-refractivity contribution is 5.98. The van der Waals surface area contributed by atoms with Gasteiger partial charge in [0.2, 0.25) is 11.8 Å². The predicted octanol–water partition coefficient (Wildman–Crippen LogP) is 2.43. The molecule has 0 aromatic heterocycles. The Morgan fingerprint density at radius 3 is 2.22 bits per heavy atom. The SMILES string of the molecule is COc1ccc(C(=O)N2C(C(=O)NC(C)C)COC23CCN(C(=O)C(C)(C)C)CC3)cc1. The zero-order valence-corrected chi connectivity index (χ0v) is 19.9. The van der Waals surface area contributed by atoms with Gasteiger partial charge < -0.3 is 19.7 Å². The molecule has 3 amide bonds. The summed E-state index contributed by atoms with van der Waals surface area (Å²) in [6, 6.07) is 6.07. The molecule has 0 bridgehead atoms. The van der Waals surface area contributed by atoms with Crippen LogP contribution in [0.3, 0.4) is 0 Å². The minimum absolute atomic E-state index is 0.0526. The Bertz CT molecular complexity index is 851. The molecular formula is C24H35N3O5. The van der Waals surface area contributed by atoms with Crippen molar-refractivity contribution >= 4 is 17.7 Å². The van der Waals surface area contributed by atoms with Gasteiger partial charge in [0, 0.05) is 43.0 Å². The number of piperidine rings is 1. The largest absolute Gasteiger partial charge is 0.497 e. The Morgan fingerprint density at radius 1 is 1.12 bits per heavy atom. The predicted molar refractivity (Wildman–Crippen MR) is 120 cm³/mol. The summed E-state index contributed by atoms with van der Waals surface area (Å²) in [5, 5.41) is 2.91. The van der Waals surface area contributed by atoms with Crippen LogP contribution in [0.4, 0.5) is 0 Å². The second kappa shape index (κ2) is 9.10. The van der Waals surface area contributed by atoms with E-state index in [1.807, 2.05) is 39.5 Å². The van der Waals surface area contributed by atoms with Crippen molar-refractivity contribution in [1.29, 1.82) is 0 Å². The molecule has 1 atom stereocenters. The third kappa shape index (κ3) is 4.75. The summed E-state index contributed by atoms with van der Waals surface area (Å²) < 4.78 is 11.4. The van der Waals surface area contributed by atoms with Crippen LogP contribution in [0.15, 0.2) is 24.3 Å². The Kier molecular flexibility index (Phi) is 6.83. The molecule has 0 aliphatic carbocycles. The van der Waals surface area contributed by atoms with Crippen molar-refractivity contribution in [3.05, 3.63) is 29.8 Å². The van der Waals surface area contributed by atoms with E-state index in [0.717, 1.165) is 0 Å². The average molecular weight is 446 g/mol. The number of hydrogen-bond acceptors (Lipinski definition) is 5. The lowest BCUT2D eigenvalue weighted by Crippen LogP contribution is -2.60. The molecule has 176 valence electrons. The van der Waals surface area contributed by atoms with Crippen molar-refractivity contribution in [3.63, 3.8) is 0 Å². The van der Waals surface area contributed by atoms with Gasteiger partial charge in [-0.1, -0.05) is 20.8 Å². The van der Waals surface area contributed by atoms with Gasteiger partial charge in [-0.15, -0.1) is 0 Å². The summed E-state index contributed by atoms with van der Waals surface area (Å²) in [7, 11) is 1.57. The number of carbonyl (C=O) groups excluding carboxylic acids is 3. The number of carbonyl (C=O) groups is 3. The molecular weight excluding hydrogens is 410 g/mol. The van der Waals surface area contributed by atoms with Crippen LogP contribution in [0.5, 0.6) is 5.75 Å². The molecule has 3 rings (SSSR count). The number of nitrogens with one attached hydrogen (secondary N) is 1. The first-order valence-electron chi connectivity index (χ1n) is 11.2. The van der Waals surface area contributed by atoms with E-state index in [1.165, 1.54) is 0 Å². The highest BCUT2D eigenvalue weighted by Crippen LogP contribution is 2.39. The first-order valence-corrected chi connectivity index (χ1v) is 11.2. The van der Waals surface area contributed by atoms with Crippen LogP contribution in [0.1, 0.15) is 57.8 Å². The first-order chi connectivity index (χ1) is 15.0. The van der Waals surface area contributed by atoms with Gasteiger partial charge in [0.25, 0.3) is 5.91 Å². The molecule has 1 spiro atoms. The first kappa shape index (κ1) is 24.0. The van der Waals surface area contributed by atoms with Crippen molar-refractivity contribution in [2.75, 3.05) is 26.8 Å². The van der Waals surface area contributed by atoms with Crippen LogP contribution in [0.25, 0.3) is 0 Å². The average Bonchev–Trinajstić information content (AvgIpc) is 3.11. The molecule has 2 saturated heterocycles. The Balaban J connectivity index is 1.88.